The first kappa shape index (κ1) is 16.5. The summed E-state index contributed by atoms with van der Waals surface area (Å²) in [7, 11) is 0. The predicted molar refractivity (Wildman–Crippen MR) is 95.5 cm³/mol. The molecule has 26 heavy (non-hydrogen) atoms. The lowest BCUT2D eigenvalue weighted by molar-refractivity contribution is 0.0958. The highest BCUT2D eigenvalue weighted by atomic mass is 35.5. The minimum absolute atomic E-state index is 0.0309. The van der Waals surface area contributed by atoms with E-state index in [1.807, 2.05) is 6.07 Å². The molecule has 1 aliphatic carbocycles. The standard InChI is InChI=1S/C19H14ClN3O3/c20-14-5-2-1-4-12(14)18(25)23-19-21-10-13-15(22-19)8-11(9-16(13)24)17-6-3-7-26-17/h1-7,10-11H,8-9H2,(H,21,22,23,25)/t11-/m1/s1. The van der Waals surface area contributed by atoms with Gasteiger partial charge >= 0.3 is 0 Å². The van der Waals surface area contributed by atoms with Crippen LogP contribution in [0.1, 0.15) is 44.5 Å². The smallest absolute Gasteiger partial charge is 0.259 e. The third-order valence-electron chi connectivity index (χ3n) is 4.33. The van der Waals surface area contributed by atoms with E-state index in [0.717, 1.165) is 5.76 Å². The number of Topliss-reactive ketones (excluding diaryl/α,β-unsaturated/α-hetero) is 1. The molecule has 0 saturated heterocycles. The topological polar surface area (TPSA) is 85.1 Å². The van der Waals surface area contributed by atoms with Gasteiger partial charge in [-0.25, -0.2) is 9.97 Å². The molecular formula is C19H14ClN3O3. The summed E-state index contributed by atoms with van der Waals surface area (Å²) < 4.78 is 5.42. The number of anilines is 1. The molecule has 0 radical (unpaired) electrons. The fourth-order valence-corrected chi connectivity index (χ4v) is 3.27. The summed E-state index contributed by atoms with van der Waals surface area (Å²) in [6, 6.07) is 10.4. The van der Waals surface area contributed by atoms with Crippen molar-refractivity contribution in [3.05, 3.63) is 76.5 Å². The first-order valence-electron chi connectivity index (χ1n) is 8.10. The SMILES string of the molecule is O=C(Nc1ncc2c(n1)C[C@@H](c1ccco1)CC2=O)c1ccccc1Cl. The number of hydrogen-bond acceptors (Lipinski definition) is 5. The van der Waals surface area contributed by atoms with E-state index in [0.29, 0.717) is 34.7 Å². The number of nitrogens with zero attached hydrogens (tertiary/aromatic N) is 2. The number of aromatic nitrogens is 2. The van der Waals surface area contributed by atoms with E-state index in [4.69, 9.17) is 16.0 Å². The van der Waals surface area contributed by atoms with E-state index in [2.05, 4.69) is 15.3 Å². The van der Waals surface area contributed by atoms with Gasteiger partial charge < -0.3 is 4.42 Å². The molecule has 1 aliphatic rings. The molecule has 0 fully saturated rings. The Morgan fingerprint density at radius 3 is 2.81 bits per heavy atom. The van der Waals surface area contributed by atoms with Gasteiger partial charge in [0, 0.05) is 25.0 Å². The van der Waals surface area contributed by atoms with E-state index in [-0.39, 0.29) is 17.6 Å². The fraction of sp³-hybridized carbons (Fsp3) is 0.158. The summed E-state index contributed by atoms with van der Waals surface area (Å²) >= 11 is 6.04. The number of fused-ring (bicyclic) bond motifs is 1. The van der Waals surface area contributed by atoms with Gasteiger partial charge in [-0.05, 0) is 24.3 Å². The van der Waals surface area contributed by atoms with E-state index in [1.165, 1.54) is 6.20 Å². The number of rotatable bonds is 3. The van der Waals surface area contributed by atoms with Crippen LogP contribution in [0.2, 0.25) is 5.02 Å². The summed E-state index contributed by atoms with van der Waals surface area (Å²) in [4.78, 5) is 33.2. The van der Waals surface area contributed by atoms with Crippen molar-refractivity contribution in [3.8, 4) is 0 Å². The second-order valence-electron chi connectivity index (χ2n) is 6.03. The van der Waals surface area contributed by atoms with Crippen LogP contribution in [0.5, 0.6) is 0 Å². The summed E-state index contributed by atoms with van der Waals surface area (Å²) in [6.07, 6.45) is 3.96. The quantitative estimate of drug-likeness (QED) is 0.759. The number of halogens is 1. The van der Waals surface area contributed by atoms with Crippen LogP contribution in [-0.4, -0.2) is 21.7 Å². The molecule has 1 amide bonds. The average molecular weight is 368 g/mol. The van der Waals surface area contributed by atoms with Crippen molar-refractivity contribution in [2.45, 2.75) is 18.8 Å². The highest BCUT2D eigenvalue weighted by Crippen LogP contribution is 2.32. The summed E-state index contributed by atoms with van der Waals surface area (Å²) in [6.45, 7) is 0. The first-order valence-corrected chi connectivity index (χ1v) is 8.48. The zero-order chi connectivity index (χ0) is 18.1. The van der Waals surface area contributed by atoms with Crippen molar-refractivity contribution in [2.24, 2.45) is 0 Å². The number of amides is 1. The Morgan fingerprint density at radius 1 is 1.19 bits per heavy atom. The van der Waals surface area contributed by atoms with Gasteiger partial charge in [0.15, 0.2) is 5.78 Å². The number of furan rings is 1. The van der Waals surface area contributed by atoms with E-state index in [9.17, 15) is 9.59 Å². The minimum Gasteiger partial charge on any atom is -0.469 e. The molecule has 0 aliphatic heterocycles. The second kappa shape index (κ2) is 6.72. The monoisotopic (exact) mass is 367 g/mol. The Hall–Kier alpha value is -2.99. The normalized spacial score (nSPS) is 16.2. The molecule has 6 nitrogen and oxygen atoms in total. The number of carbonyl (C=O) groups excluding carboxylic acids is 2. The molecular weight excluding hydrogens is 354 g/mol. The molecule has 1 aromatic carbocycles. The molecule has 7 heteroatoms. The minimum atomic E-state index is -0.403. The van der Waals surface area contributed by atoms with Gasteiger partial charge in [-0.2, -0.15) is 0 Å². The number of ketones is 1. The van der Waals surface area contributed by atoms with Crippen molar-refractivity contribution in [3.63, 3.8) is 0 Å². The lowest BCUT2D eigenvalue weighted by Crippen LogP contribution is -2.22. The van der Waals surface area contributed by atoms with Crippen LogP contribution in [0.4, 0.5) is 5.95 Å². The number of nitrogens with one attached hydrogen (secondary N) is 1. The summed E-state index contributed by atoms with van der Waals surface area (Å²) in [5.41, 5.74) is 1.43. The zero-order valence-electron chi connectivity index (χ0n) is 13.6. The molecule has 130 valence electrons. The Balaban J connectivity index is 1.59. The van der Waals surface area contributed by atoms with Crippen molar-refractivity contribution in [1.82, 2.24) is 9.97 Å². The molecule has 0 bridgehead atoms. The maximum absolute atomic E-state index is 12.4. The van der Waals surface area contributed by atoms with Gasteiger partial charge in [-0.3, -0.25) is 14.9 Å². The van der Waals surface area contributed by atoms with Gasteiger partial charge in [-0.1, -0.05) is 23.7 Å². The second-order valence-corrected chi connectivity index (χ2v) is 6.44. The van der Waals surface area contributed by atoms with Crippen LogP contribution >= 0.6 is 11.6 Å². The molecule has 0 spiro atoms. The molecule has 0 saturated carbocycles. The zero-order valence-corrected chi connectivity index (χ0v) is 14.4. The van der Waals surface area contributed by atoms with Crippen LogP contribution in [0.3, 0.4) is 0 Å². The molecule has 4 rings (SSSR count). The molecule has 1 atom stereocenters. The van der Waals surface area contributed by atoms with Crippen LogP contribution in [0, 0.1) is 0 Å². The number of benzene rings is 1. The average Bonchev–Trinajstić information content (AvgIpc) is 3.16. The van der Waals surface area contributed by atoms with E-state index >= 15 is 0 Å². The van der Waals surface area contributed by atoms with Crippen molar-refractivity contribution < 1.29 is 14.0 Å². The Labute approximate surface area is 154 Å². The van der Waals surface area contributed by atoms with Gasteiger partial charge in [-0.15, -0.1) is 0 Å². The first-order chi connectivity index (χ1) is 12.6. The lowest BCUT2D eigenvalue weighted by Gasteiger charge is -2.21. The van der Waals surface area contributed by atoms with Crippen LogP contribution in [-0.2, 0) is 6.42 Å². The highest BCUT2D eigenvalue weighted by molar-refractivity contribution is 6.34. The van der Waals surface area contributed by atoms with Crippen molar-refractivity contribution >= 4 is 29.2 Å². The lowest BCUT2D eigenvalue weighted by atomic mass is 9.85. The van der Waals surface area contributed by atoms with Crippen LogP contribution in [0.25, 0.3) is 0 Å². The largest absolute Gasteiger partial charge is 0.469 e. The van der Waals surface area contributed by atoms with Gasteiger partial charge in [0.1, 0.15) is 5.76 Å². The number of hydrogen-bond donors (Lipinski definition) is 1. The highest BCUT2D eigenvalue weighted by Gasteiger charge is 2.29. The van der Waals surface area contributed by atoms with E-state index < -0.39 is 5.91 Å². The van der Waals surface area contributed by atoms with Crippen LogP contribution < -0.4 is 5.32 Å². The van der Waals surface area contributed by atoms with Gasteiger partial charge in [0.25, 0.3) is 5.91 Å². The number of carbonyl (C=O) groups is 2. The van der Waals surface area contributed by atoms with E-state index in [1.54, 1.807) is 36.6 Å². The summed E-state index contributed by atoms with van der Waals surface area (Å²) in [5, 5.41) is 2.98. The van der Waals surface area contributed by atoms with Crippen molar-refractivity contribution in [1.29, 1.82) is 0 Å². The fourth-order valence-electron chi connectivity index (χ4n) is 3.04. The third kappa shape index (κ3) is 3.11. The molecule has 1 N–H and O–H groups in total. The molecule has 3 aromatic rings. The Bertz CT molecular complexity index is 985. The predicted octanol–water partition coefficient (Wildman–Crippen LogP) is 3.89. The Morgan fingerprint density at radius 2 is 2.04 bits per heavy atom. The van der Waals surface area contributed by atoms with Crippen molar-refractivity contribution in [2.75, 3.05) is 5.32 Å². The molecule has 0 unspecified atom stereocenters. The summed E-state index contributed by atoms with van der Waals surface area (Å²) in [5.74, 6) is 0.398. The third-order valence-corrected chi connectivity index (χ3v) is 4.66. The maximum Gasteiger partial charge on any atom is 0.259 e. The van der Waals surface area contributed by atoms with Gasteiger partial charge in [0.05, 0.1) is 28.1 Å². The van der Waals surface area contributed by atoms with Gasteiger partial charge in [0.2, 0.25) is 5.95 Å². The van der Waals surface area contributed by atoms with Crippen LogP contribution in [0.15, 0.2) is 53.3 Å². The molecule has 2 aromatic heterocycles. The maximum atomic E-state index is 12.4. The molecule has 2 heterocycles. The Kier molecular flexibility index (Phi) is 4.26.